The van der Waals surface area contributed by atoms with E-state index in [4.69, 9.17) is 5.11 Å². The largest absolute Gasteiger partial charge is 0.477 e. The molecule has 3 rings (SSSR count). The fourth-order valence-corrected chi connectivity index (χ4v) is 3.40. The summed E-state index contributed by atoms with van der Waals surface area (Å²) in [7, 11) is 0. The van der Waals surface area contributed by atoms with E-state index in [0.717, 1.165) is 18.7 Å². The summed E-state index contributed by atoms with van der Waals surface area (Å²) in [6.45, 7) is 6.28. The van der Waals surface area contributed by atoms with Crippen molar-refractivity contribution in [2.24, 2.45) is 0 Å². The molecule has 3 heterocycles. The molecule has 0 aliphatic carbocycles. The first-order valence-corrected chi connectivity index (χ1v) is 7.39. The van der Waals surface area contributed by atoms with E-state index in [-0.39, 0.29) is 5.69 Å². The first-order chi connectivity index (χ1) is 9.65. The van der Waals surface area contributed by atoms with Gasteiger partial charge in [-0.05, 0) is 26.3 Å². The molecule has 1 aromatic rings. The third kappa shape index (κ3) is 2.58. The van der Waals surface area contributed by atoms with Gasteiger partial charge in [-0.2, -0.15) is 5.10 Å². The fraction of sp³-hybridized carbons (Fsp3) is 0.714. The minimum Gasteiger partial charge on any atom is -0.477 e. The van der Waals surface area contributed by atoms with Crippen molar-refractivity contribution in [1.82, 2.24) is 20.0 Å². The maximum absolute atomic E-state index is 11.0. The third-order valence-electron chi connectivity index (χ3n) is 4.59. The van der Waals surface area contributed by atoms with Crippen LogP contribution in [0.1, 0.15) is 42.2 Å². The molecule has 0 amide bonds. The van der Waals surface area contributed by atoms with Crippen LogP contribution in [0.15, 0.2) is 6.20 Å². The summed E-state index contributed by atoms with van der Waals surface area (Å²) in [5.74, 6) is -0.931. The fourth-order valence-electron chi connectivity index (χ4n) is 3.40. The van der Waals surface area contributed by atoms with E-state index >= 15 is 0 Å². The van der Waals surface area contributed by atoms with Crippen LogP contribution >= 0.6 is 0 Å². The van der Waals surface area contributed by atoms with E-state index in [9.17, 15) is 4.79 Å². The lowest BCUT2D eigenvalue weighted by atomic mass is 9.97. The summed E-state index contributed by atoms with van der Waals surface area (Å²) in [5.41, 5.74) is 1.00. The maximum Gasteiger partial charge on any atom is 0.354 e. The molecule has 0 aromatic carbocycles. The number of nitrogens with zero attached hydrogens (tertiary/aromatic N) is 3. The highest BCUT2D eigenvalue weighted by molar-refractivity contribution is 5.86. The Morgan fingerprint density at radius 1 is 1.50 bits per heavy atom. The van der Waals surface area contributed by atoms with Gasteiger partial charge in [-0.3, -0.25) is 14.9 Å². The van der Waals surface area contributed by atoms with Crippen LogP contribution in [0, 0.1) is 0 Å². The van der Waals surface area contributed by atoms with Gasteiger partial charge >= 0.3 is 5.97 Å². The Kier molecular flexibility index (Phi) is 3.76. The molecular weight excluding hydrogens is 256 g/mol. The van der Waals surface area contributed by atoms with E-state index < -0.39 is 5.97 Å². The molecule has 0 radical (unpaired) electrons. The number of carboxylic acid groups (broad SMARTS) is 1. The Morgan fingerprint density at radius 3 is 3.00 bits per heavy atom. The number of nitrogens with one attached hydrogen (secondary N) is 1. The number of H-pyrrole nitrogens is 1. The Labute approximate surface area is 118 Å². The SMILES string of the molecule is C[C@H]1CCCCN1C1CN(Cc2cn[nH]c2C(=O)O)C1. The van der Waals surface area contributed by atoms with Gasteiger partial charge in [-0.15, -0.1) is 0 Å². The van der Waals surface area contributed by atoms with Crippen molar-refractivity contribution in [1.29, 1.82) is 0 Å². The normalized spacial score (nSPS) is 25.6. The number of hydrogen-bond acceptors (Lipinski definition) is 4. The van der Waals surface area contributed by atoms with Gasteiger partial charge in [-0.1, -0.05) is 6.42 Å². The van der Waals surface area contributed by atoms with Gasteiger partial charge in [0.05, 0.1) is 6.20 Å². The minimum atomic E-state index is -0.931. The molecular formula is C14H22N4O2. The molecule has 0 spiro atoms. The molecule has 2 saturated heterocycles. The number of hydrogen-bond donors (Lipinski definition) is 2. The average Bonchev–Trinajstić information content (AvgIpc) is 2.83. The molecule has 6 heteroatoms. The van der Waals surface area contributed by atoms with Gasteiger partial charge < -0.3 is 5.11 Å². The van der Waals surface area contributed by atoms with Gasteiger partial charge in [0.15, 0.2) is 0 Å². The lowest BCUT2D eigenvalue weighted by molar-refractivity contribution is -0.00633. The first-order valence-electron chi connectivity index (χ1n) is 7.39. The van der Waals surface area contributed by atoms with E-state index in [1.165, 1.54) is 25.8 Å². The zero-order valence-corrected chi connectivity index (χ0v) is 11.9. The first kappa shape index (κ1) is 13.6. The summed E-state index contributed by atoms with van der Waals surface area (Å²) >= 11 is 0. The average molecular weight is 278 g/mol. The second-order valence-corrected chi connectivity index (χ2v) is 6.01. The number of aromatic amines is 1. The Morgan fingerprint density at radius 2 is 2.30 bits per heavy atom. The molecule has 0 unspecified atom stereocenters. The van der Waals surface area contributed by atoms with Crippen LogP contribution in [0.4, 0.5) is 0 Å². The minimum absolute atomic E-state index is 0.222. The topological polar surface area (TPSA) is 72.5 Å². The van der Waals surface area contributed by atoms with Crippen molar-refractivity contribution in [3.8, 4) is 0 Å². The number of aromatic nitrogens is 2. The van der Waals surface area contributed by atoms with Gasteiger partial charge in [0.1, 0.15) is 5.69 Å². The highest BCUT2D eigenvalue weighted by Gasteiger charge is 2.35. The molecule has 110 valence electrons. The Bertz CT molecular complexity index is 481. The van der Waals surface area contributed by atoms with Gasteiger partial charge in [0.2, 0.25) is 0 Å². The van der Waals surface area contributed by atoms with Crippen LogP contribution in [-0.4, -0.2) is 62.8 Å². The number of carbonyl (C=O) groups is 1. The number of rotatable bonds is 4. The third-order valence-corrected chi connectivity index (χ3v) is 4.59. The van der Waals surface area contributed by atoms with Crippen LogP contribution in [0.5, 0.6) is 0 Å². The van der Waals surface area contributed by atoms with E-state index in [0.29, 0.717) is 18.6 Å². The molecule has 0 bridgehead atoms. The summed E-state index contributed by atoms with van der Waals surface area (Å²) in [5, 5.41) is 15.4. The Hall–Kier alpha value is -1.40. The predicted octanol–water partition coefficient (Wildman–Crippen LogP) is 1.17. The Balaban J connectivity index is 1.53. The zero-order chi connectivity index (χ0) is 14.1. The van der Waals surface area contributed by atoms with Crippen molar-refractivity contribution in [2.75, 3.05) is 19.6 Å². The molecule has 2 N–H and O–H groups in total. The lowest BCUT2D eigenvalue weighted by Gasteiger charge is -2.49. The predicted molar refractivity (Wildman–Crippen MR) is 74.6 cm³/mol. The van der Waals surface area contributed by atoms with Crippen molar-refractivity contribution < 1.29 is 9.90 Å². The molecule has 1 aromatic heterocycles. The summed E-state index contributed by atoms with van der Waals surface area (Å²) in [4.78, 5) is 15.9. The van der Waals surface area contributed by atoms with Crippen molar-refractivity contribution in [3.63, 3.8) is 0 Å². The quantitative estimate of drug-likeness (QED) is 0.865. The van der Waals surface area contributed by atoms with Crippen LogP contribution < -0.4 is 0 Å². The van der Waals surface area contributed by atoms with Crippen LogP contribution in [0.2, 0.25) is 0 Å². The summed E-state index contributed by atoms with van der Waals surface area (Å²) in [6.07, 6.45) is 5.60. The van der Waals surface area contributed by atoms with Gasteiger partial charge in [-0.25, -0.2) is 4.79 Å². The monoisotopic (exact) mass is 278 g/mol. The second-order valence-electron chi connectivity index (χ2n) is 6.01. The molecule has 2 fully saturated rings. The number of likely N-dealkylation sites (tertiary alicyclic amines) is 2. The highest BCUT2D eigenvalue weighted by atomic mass is 16.4. The molecule has 0 saturated carbocycles. The second kappa shape index (κ2) is 5.54. The van der Waals surface area contributed by atoms with Gasteiger partial charge in [0, 0.05) is 37.3 Å². The number of aromatic carboxylic acids is 1. The molecule has 1 atom stereocenters. The maximum atomic E-state index is 11.0. The summed E-state index contributed by atoms with van der Waals surface area (Å²) < 4.78 is 0. The highest BCUT2D eigenvalue weighted by Crippen LogP contribution is 2.25. The zero-order valence-electron chi connectivity index (χ0n) is 11.9. The van der Waals surface area contributed by atoms with Crippen LogP contribution in [0.25, 0.3) is 0 Å². The number of carboxylic acids is 1. The van der Waals surface area contributed by atoms with Crippen molar-refractivity contribution in [2.45, 2.75) is 44.8 Å². The van der Waals surface area contributed by atoms with Crippen LogP contribution in [0.3, 0.4) is 0 Å². The van der Waals surface area contributed by atoms with Crippen LogP contribution in [-0.2, 0) is 6.54 Å². The molecule has 6 nitrogen and oxygen atoms in total. The smallest absolute Gasteiger partial charge is 0.354 e. The van der Waals surface area contributed by atoms with Crippen molar-refractivity contribution in [3.05, 3.63) is 17.5 Å². The van der Waals surface area contributed by atoms with E-state index in [2.05, 4.69) is 26.9 Å². The molecule has 20 heavy (non-hydrogen) atoms. The van der Waals surface area contributed by atoms with E-state index in [1.54, 1.807) is 6.20 Å². The molecule has 2 aliphatic rings. The molecule has 2 aliphatic heterocycles. The van der Waals surface area contributed by atoms with E-state index in [1.807, 2.05) is 0 Å². The standard InChI is InChI=1S/C14H22N4O2/c1-10-4-2-3-5-18(10)12-8-17(9-12)7-11-6-15-16-13(11)14(19)20/h6,10,12H,2-5,7-9H2,1H3,(H,15,16)(H,19,20)/t10-/m0/s1. The lowest BCUT2D eigenvalue weighted by Crippen LogP contribution is -2.61. The van der Waals surface area contributed by atoms with Gasteiger partial charge in [0.25, 0.3) is 0 Å². The van der Waals surface area contributed by atoms with Crippen molar-refractivity contribution >= 4 is 5.97 Å². The summed E-state index contributed by atoms with van der Waals surface area (Å²) in [6, 6.07) is 1.34. The number of piperidine rings is 1.